The molecule has 5 N–H and O–H groups in total. The van der Waals surface area contributed by atoms with Crippen LogP contribution in [-0.2, 0) is 0 Å². The maximum Gasteiger partial charge on any atom is 0.172 e. The smallest absolute Gasteiger partial charge is 0.172 e. The summed E-state index contributed by atoms with van der Waals surface area (Å²) in [6.45, 7) is 0.690. The molecule has 0 amide bonds. The van der Waals surface area contributed by atoms with Gasteiger partial charge < -0.3 is 21.3 Å². The first-order valence-corrected chi connectivity index (χ1v) is 6.41. The molecule has 0 radical (unpaired) electrons. The summed E-state index contributed by atoms with van der Waals surface area (Å²) < 4.78 is 5.68. The molecule has 0 spiro atoms. The summed E-state index contributed by atoms with van der Waals surface area (Å²) in [5.41, 5.74) is 12.5. The summed E-state index contributed by atoms with van der Waals surface area (Å²) in [4.78, 5) is 0. The fourth-order valence-electron chi connectivity index (χ4n) is 1.64. The number of hydrogen-bond donors (Lipinski definition) is 3. The largest absolute Gasteiger partial charge is 0.503 e. The summed E-state index contributed by atoms with van der Waals surface area (Å²) >= 11 is 3.28. The highest BCUT2D eigenvalue weighted by Gasteiger charge is 2.13. The number of benzene rings is 1. The van der Waals surface area contributed by atoms with E-state index in [-0.39, 0.29) is 24.2 Å². The van der Waals surface area contributed by atoms with Crippen LogP contribution in [0.15, 0.2) is 16.6 Å². The number of aromatic hydroxyl groups is 1. The molecule has 6 heteroatoms. The third-order valence-corrected chi connectivity index (χ3v) is 3.27. The van der Waals surface area contributed by atoms with Gasteiger partial charge >= 0.3 is 0 Å². The van der Waals surface area contributed by atoms with Gasteiger partial charge in [0.15, 0.2) is 11.5 Å². The number of ether oxygens (including phenoxy) is 1. The van der Waals surface area contributed by atoms with Crippen LogP contribution in [-0.4, -0.2) is 18.8 Å². The Morgan fingerprint density at radius 1 is 1.39 bits per heavy atom. The third-order valence-electron chi connectivity index (χ3n) is 2.67. The average Bonchev–Trinajstić information content (AvgIpc) is 2.32. The van der Waals surface area contributed by atoms with Gasteiger partial charge in [0.1, 0.15) is 0 Å². The topological polar surface area (TPSA) is 81.5 Å². The molecular weight excluding hydrogens is 320 g/mol. The van der Waals surface area contributed by atoms with Gasteiger partial charge in [-0.15, -0.1) is 12.4 Å². The van der Waals surface area contributed by atoms with E-state index in [1.54, 1.807) is 6.07 Å². The van der Waals surface area contributed by atoms with E-state index in [1.165, 1.54) is 7.11 Å². The van der Waals surface area contributed by atoms with Gasteiger partial charge in [0, 0.05) is 6.04 Å². The Bertz CT molecular complexity index is 377. The SMILES string of the molecule is COc1cc([C@H](N)CCCCN)cc(Br)c1O.Cl. The predicted molar refractivity (Wildman–Crippen MR) is 79.4 cm³/mol. The molecule has 0 aliphatic carbocycles. The van der Waals surface area contributed by atoms with E-state index >= 15 is 0 Å². The Labute approximate surface area is 122 Å². The lowest BCUT2D eigenvalue weighted by Crippen LogP contribution is -2.11. The Balaban J connectivity index is 0.00000289. The molecule has 1 atom stereocenters. The van der Waals surface area contributed by atoms with Crippen molar-refractivity contribution in [1.29, 1.82) is 0 Å². The molecule has 4 nitrogen and oxygen atoms in total. The monoisotopic (exact) mass is 338 g/mol. The summed E-state index contributed by atoms with van der Waals surface area (Å²) in [6.07, 6.45) is 2.85. The highest BCUT2D eigenvalue weighted by atomic mass is 79.9. The van der Waals surface area contributed by atoms with Crippen molar-refractivity contribution in [3.8, 4) is 11.5 Å². The van der Waals surface area contributed by atoms with Crippen molar-refractivity contribution in [3.05, 3.63) is 22.2 Å². The van der Waals surface area contributed by atoms with E-state index in [0.717, 1.165) is 24.8 Å². The van der Waals surface area contributed by atoms with Crippen molar-refractivity contribution in [1.82, 2.24) is 0 Å². The molecule has 1 rings (SSSR count). The van der Waals surface area contributed by atoms with Crippen molar-refractivity contribution in [3.63, 3.8) is 0 Å². The van der Waals surface area contributed by atoms with E-state index in [0.29, 0.717) is 16.8 Å². The molecule has 0 aliphatic rings. The van der Waals surface area contributed by atoms with Gasteiger partial charge in [0.05, 0.1) is 11.6 Å². The second-order valence-electron chi connectivity index (χ2n) is 3.94. The first-order valence-electron chi connectivity index (χ1n) is 5.62. The maximum absolute atomic E-state index is 9.69. The van der Waals surface area contributed by atoms with Crippen LogP contribution >= 0.6 is 28.3 Å². The Kier molecular flexibility index (Phi) is 8.35. The minimum absolute atomic E-state index is 0. The second kappa shape index (κ2) is 8.58. The van der Waals surface area contributed by atoms with Gasteiger partial charge in [-0.05, 0) is 53.0 Å². The molecule has 0 aromatic heterocycles. The molecule has 104 valence electrons. The quantitative estimate of drug-likeness (QED) is 0.696. The van der Waals surface area contributed by atoms with Crippen molar-refractivity contribution in [2.24, 2.45) is 11.5 Å². The molecular formula is C12H20BrClN2O2. The number of unbranched alkanes of at least 4 members (excludes halogenated alkanes) is 1. The number of halogens is 2. The average molecular weight is 340 g/mol. The molecule has 1 aromatic carbocycles. The fraction of sp³-hybridized carbons (Fsp3) is 0.500. The van der Waals surface area contributed by atoms with E-state index in [2.05, 4.69) is 15.9 Å². The van der Waals surface area contributed by atoms with Crippen LogP contribution in [0.1, 0.15) is 30.9 Å². The minimum atomic E-state index is -0.0626. The Hall–Kier alpha value is -0.490. The van der Waals surface area contributed by atoms with Crippen LogP contribution in [0, 0.1) is 0 Å². The van der Waals surface area contributed by atoms with Gasteiger partial charge in [0.2, 0.25) is 0 Å². The number of phenols is 1. The molecule has 0 heterocycles. The zero-order valence-corrected chi connectivity index (χ0v) is 12.8. The van der Waals surface area contributed by atoms with E-state index in [1.807, 2.05) is 6.07 Å². The lowest BCUT2D eigenvalue weighted by atomic mass is 10.0. The van der Waals surface area contributed by atoms with Crippen LogP contribution in [0.25, 0.3) is 0 Å². The van der Waals surface area contributed by atoms with Gasteiger partial charge in [-0.3, -0.25) is 0 Å². The molecule has 0 bridgehead atoms. The Morgan fingerprint density at radius 3 is 2.61 bits per heavy atom. The third kappa shape index (κ3) is 4.65. The number of rotatable bonds is 6. The number of nitrogens with two attached hydrogens (primary N) is 2. The van der Waals surface area contributed by atoms with E-state index in [9.17, 15) is 5.11 Å². The van der Waals surface area contributed by atoms with Gasteiger partial charge in [-0.25, -0.2) is 0 Å². The lowest BCUT2D eigenvalue weighted by Gasteiger charge is -2.14. The molecule has 0 unspecified atom stereocenters. The summed E-state index contributed by atoms with van der Waals surface area (Å²) in [5, 5.41) is 9.69. The molecule has 0 fully saturated rings. The standard InChI is InChI=1S/C12H19BrN2O2.ClH/c1-17-11-7-8(6-9(13)12(11)16)10(15)4-2-3-5-14;/h6-7,10,16H,2-5,14-15H2,1H3;1H/t10-;/m1./s1. The highest BCUT2D eigenvalue weighted by Crippen LogP contribution is 2.37. The first-order chi connectivity index (χ1) is 8.10. The summed E-state index contributed by atoms with van der Waals surface area (Å²) in [6, 6.07) is 3.53. The van der Waals surface area contributed by atoms with Gasteiger partial charge in [-0.2, -0.15) is 0 Å². The lowest BCUT2D eigenvalue weighted by molar-refractivity contribution is 0.370. The van der Waals surface area contributed by atoms with Crippen LogP contribution in [0.3, 0.4) is 0 Å². The van der Waals surface area contributed by atoms with Crippen molar-refractivity contribution in [2.75, 3.05) is 13.7 Å². The first kappa shape index (κ1) is 17.5. The van der Waals surface area contributed by atoms with Crippen LogP contribution < -0.4 is 16.2 Å². The van der Waals surface area contributed by atoms with Crippen LogP contribution in [0.4, 0.5) is 0 Å². The zero-order chi connectivity index (χ0) is 12.8. The van der Waals surface area contributed by atoms with Crippen LogP contribution in [0.5, 0.6) is 11.5 Å². The minimum Gasteiger partial charge on any atom is -0.503 e. The molecule has 18 heavy (non-hydrogen) atoms. The summed E-state index contributed by atoms with van der Waals surface area (Å²) in [7, 11) is 1.52. The predicted octanol–water partition coefficient (Wildman–Crippen LogP) is 2.71. The maximum atomic E-state index is 9.69. The molecule has 0 aliphatic heterocycles. The highest BCUT2D eigenvalue weighted by molar-refractivity contribution is 9.10. The Morgan fingerprint density at radius 2 is 2.06 bits per heavy atom. The van der Waals surface area contributed by atoms with Gasteiger partial charge in [-0.1, -0.05) is 6.42 Å². The van der Waals surface area contributed by atoms with Crippen molar-refractivity contribution < 1.29 is 9.84 Å². The van der Waals surface area contributed by atoms with E-state index in [4.69, 9.17) is 16.2 Å². The van der Waals surface area contributed by atoms with Crippen molar-refractivity contribution in [2.45, 2.75) is 25.3 Å². The summed E-state index contributed by atoms with van der Waals surface area (Å²) in [5.74, 6) is 0.536. The number of methoxy groups -OCH3 is 1. The second-order valence-corrected chi connectivity index (χ2v) is 4.80. The van der Waals surface area contributed by atoms with Crippen molar-refractivity contribution >= 4 is 28.3 Å². The van der Waals surface area contributed by atoms with Gasteiger partial charge in [0.25, 0.3) is 0 Å². The molecule has 0 saturated heterocycles. The zero-order valence-electron chi connectivity index (χ0n) is 10.4. The normalized spacial score (nSPS) is 11.8. The molecule has 0 saturated carbocycles. The number of hydrogen-bond acceptors (Lipinski definition) is 4. The van der Waals surface area contributed by atoms with Crippen LogP contribution in [0.2, 0.25) is 0 Å². The molecule has 1 aromatic rings. The van der Waals surface area contributed by atoms with E-state index < -0.39 is 0 Å². The fourth-order valence-corrected chi connectivity index (χ4v) is 2.10. The number of phenolic OH excluding ortho intramolecular Hbond substituents is 1.